The highest BCUT2D eigenvalue weighted by atomic mass is 16.7. The van der Waals surface area contributed by atoms with E-state index in [1.807, 2.05) is 48.5 Å². The normalized spacial score (nSPS) is 20.5. The van der Waals surface area contributed by atoms with Gasteiger partial charge in [-0.05, 0) is 22.4 Å². The first kappa shape index (κ1) is 27.5. The van der Waals surface area contributed by atoms with Crippen LogP contribution in [0.1, 0.15) is 38.4 Å². The van der Waals surface area contributed by atoms with E-state index in [-0.39, 0.29) is 29.5 Å². The highest BCUT2D eigenvalue weighted by molar-refractivity contribution is 5.93. The fourth-order valence-electron chi connectivity index (χ4n) is 4.85. The molecule has 3 N–H and O–H groups in total. The summed E-state index contributed by atoms with van der Waals surface area (Å²) in [5.74, 6) is -1.90. The Labute approximate surface area is 232 Å². The number of nitrogen functional groups attached to an aromatic ring is 1. The molecule has 0 spiro atoms. The molecule has 212 valence electrons. The number of benzene rings is 2. The number of hydrogen-bond donors (Lipinski definition) is 2. The molecule has 2 aromatic carbocycles. The van der Waals surface area contributed by atoms with Gasteiger partial charge >= 0.3 is 17.9 Å². The fraction of sp³-hybridized carbons (Fsp3) is 0.286. The molecule has 4 aromatic rings. The van der Waals surface area contributed by atoms with E-state index in [1.165, 1.54) is 25.3 Å². The largest absolute Gasteiger partial charge is 0.463 e. The molecule has 5 rings (SSSR count). The zero-order valence-corrected chi connectivity index (χ0v) is 22.4. The lowest BCUT2D eigenvalue weighted by molar-refractivity contribution is -0.166. The Hall–Kier alpha value is -5.04. The van der Waals surface area contributed by atoms with Gasteiger partial charge in [-0.1, -0.05) is 48.5 Å². The Morgan fingerprint density at radius 2 is 1.68 bits per heavy atom. The number of nitrogens with two attached hydrogens (primary N) is 1. The highest BCUT2D eigenvalue weighted by Gasteiger charge is 2.51. The minimum absolute atomic E-state index is 0.0423. The summed E-state index contributed by atoms with van der Waals surface area (Å²) < 4.78 is 23.8. The summed E-state index contributed by atoms with van der Waals surface area (Å²) in [5, 5.41) is 2.01. The quantitative estimate of drug-likeness (QED) is 0.250. The standard InChI is InChI=1S/C28H27N5O8/c1-14(34)38-13-20-23(39-15(2)35)24(40-16(3)36)27(41-20)33-21(30-22-25(33)31-28(29)32-26(22)37)12-11-18-9-6-8-17-7-4-5-10-19(17)18/h4-12,20,23-24,27H,13H2,1-3H3,(H3,29,31,32,37)/t20-,23-,24-,27-/m1/s1. The van der Waals surface area contributed by atoms with Crippen LogP contribution in [0.15, 0.2) is 47.3 Å². The van der Waals surface area contributed by atoms with Crippen molar-refractivity contribution in [2.45, 2.75) is 45.3 Å². The van der Waals surface area contributed by atoms with Gasteiger partial charge in [0.25, 0.3) is 5.56 Å². The van der Waals surface area contributed by atoms with Gasteiger partial charge in [-0.3, -0.25) is 28.7 Å². The van der Waals surface area contributed by atoms with Crippen molar-refractivity contribution in [3.63, 3.8) is 0 Å². The van der Waals surface area contributed by atoms with Crippen molar-refractivity contribution in [2.75, 3.05) is 12.3 Å². The number of hydrogen-bond acceptors (Lipinski definition) is 11. The van der Waals surface area contributed by atoms with E-state index in [4.69, 9.17) is 24.7 Å². The second-order valence-corrected chi connectivity index (χ2v) is 9.38. The van der Waals surface area contributed by atoms with Crippen molar-refractivity contribution in [3.8, 4) is 0 Å². The number of fused-ring (bicyclic) bond motifs is 2. The molecule has 0 aliphatic carbocycles. The SMILES string of the molecule is CC(=O)OC[C@H]1O[C@@H](n2c(C=Cc3cccc4ccccc34)nc3c(=O)[nH]c(N)nc32)[C@H](OC(C)=O)[C@@H]1OC(C)=O. The number of anilines is 1. The Balaban J connectivity index is 1.67. The third kappa shape index (κ3) is 5.65. The Kier molecular flexibility index (Phi) is 7.53. The van der Waals surface area contributed by atoms with E-state index < -0.39 is 48.0 Å². The van der Waals surface area contributed by atoms with Crippen LogP contribution in [-0.4, -0.2) is 62.3 Å². The van der Waals surface area contributed by atoms with Crippen molar-refractivity contribution < 1.29 is 33.3 Å². The second kappa shape index (κ2) is 11.2. The zero-order valence-electron chi connectivity index (χ0n) is 22.4. The van der Waals surface area contributed by atoms with Crippen LogP contribution >= 0.6 is 0 Å². The number of ether oxygens (including phenoxy) is 4. The summed E-state index contributed by atoms with van der Waals surface area (Å²) in [4.78, 5) is 59.8. The molecule has 1 aliphatic rings. The van der Waals surface area contributed by atoms with Gasteiger partial charge in [0, 0.05) is 20.8 Å². The van der Waals surface area contributed by atoms with Crippen molar-refractivity contribution in [1.82, 2.24) is 19.5 Å². The summed E-state index contributed by atoms with van der Waals surface area (Å²) in [7, 11) is 0. The van der Waals surface area contributed by atoms with Gasteiger partial charge in [0.05, 0.1) is 0 Å². The first-order valence-electron chi connectivity index (χ1n) is 12.7. The number of H-pyrrole nitrogens is 1. The van der Waals surface area contributed by atoms with Crippen LogP contribution in [0, 0.1) is 0 Å². The monoisotopic (exact) mass is 561 g/mol. The molecule has 3 heterocycles. The third-order valence-corrected chi connectivity index (χ3v) is 6.43. The molecule has 0 amide bonds. The van der Waals surface area contributed by atoms with Gasteiger partial charge in [-0.15, -0.1) is 0 Å². The molecule has 13 heteroatoms. The third-order valence-electron chi connectivity index (χ3n) is 6.43. The van der Waals surface area contributed by atoms with Crippen LogP contribution in [0.4, 0.5) is 5.95 Å². The van der Waals surface area contributed by atoms with Crippen LogP contribution in [0.2, 0.25) is 0 Å². The molecule has 1 fully saturated rings. The number of imidazole rings is 1. The summed E-state index contributed by atoms with van der Waals surface area (Å²) in [6, 6.07) is 13.7. The molecule has 0 unspecified atom stereocenters. The number of nitrogens with zero attached hydrogens (tertiary/aromatic N) is 3. The molecule has 0 saturated carbocycles. The first-order valence-corrected chi connectivity index (χ1v) is 12.7. The molecule has 13 nitrogen and oxygen atoms in total. The summed E-state index contributed by atoms with van der Waals surface area (Å²) in [5.41, 5.74) is 6.14. The van der Waals surface area contributed by atoms with Gasteiger partial charge in [-0.2, -0.15) is 4.98 Å². The minimum atomic E-state index is -1.22. The van der Waals surface area contributed by atoms with Crippen LogP contribution in [0.3, 0.4) is 0 Å². The van der Waals surface area contributed by atoms with Crippen molar-refractivity contribution >= 4 is 57.9 Å². The van der Waals surface area contributed by atoms with Crippen molar-refractivity contribution in [3.05, 3.63) is 64.2 Å². The average molecular weight is 562 g/mol. The molecule has 2 aromatic heterocycles. The molecular weight excluding hydrogens is 534 g/mol. The number of carbonyl (C=O) groups excluding carboxylic acids is 3. The Bertz CT molecular complexity index is 1740. The molecule has 0 bridgehead atoms. The average Bonchev–Trinajstić information content (AvgIpc) is 3.43. The maximum Gasteiger partial charge on any atom is 0.303 e. The highest BCUT2D eigenvalue weighted by Crippen LogP contribution is 2.37. The van der Waals surface area contributed by atoms with Gasteiger partial charge < -0.3 is 24.7 Å². The van der Waals surface area contributed by atoms with Crippen LogP contribution in [0.25, 0.3) is 34.1 Å². The molecule has 1 saturated heterocycles. The molecule has 1 aliphatic heterocycles. The maximum absolute atomic E-state index is 12.8. The molecule has 0 radical (unpaired) electrons. The Morgan fingerprint density at radius 1 is 0.976 bits per heavy atom. The lowest BCUT2D eigenvalue weighted by Gasteiger charge is -2.24. The van der Waals surface area contributed by atoms with Crippen LogP contribution in [-0.2, 0) is 33.3 Å². The molecular formula is C28H27N5O8. The summed E-state index contributed by atoms with van der Waals surface area (Å²) >= 11 is 0. The predicted molar refractivity (Wildman–Crippen MR) is 147 cm³/mol. The number of rotatable bonds is 7. The summed E-state index contributed by atoms with van der Waals surface area (Å²) in [6.45, 7) is 3.30. The van der Waals surface area contributed by atoms with Gasteiger partial charge in [0.2, 0.25) is 5.95 Å². The number of aromatic nitrogens is 4. The smallest absolute Gasteiger partial charge is 0.303 e. The van der Waals surface area contributed by atoms with Gasteiger partial charge in [0.1, 0.15) is 18.5 Å². The molecule has 41 heavy (non-hydrogen) atoms. The van der Waals surface area contributed by atoms with Crippen molar-refractivity contribution in [1.29, 1.82) is 0 Å². The van der Waals surface area contributed by atoms with E-state index in [2.05, 4.69) is 15.0 Å². The van der Waals surface area contributed by atoms with E-state index in [1.54, 1.807) is 6.08 Å². The zero-order chi connectivity index (χ0) is 29.3. The van der Waals surface area contributed by atoms with Crippen LogP contribution in [0.5, 0.6) is 0 Å². The predicted octanol–water partition coefficient (Wildman–Crippen LogP) is 2.35. The topological polar surface area (TPSA) is 178 Å². The lowest BCUT2D eigenvalue weighted by Crippen LogP contribution is -2.40. The first-order chi connectivity index (χ1) is 19.6. The number of aromatic amines is 1. The van der Waals surface area contributed by atoms with Gasteiger partial charge in [0.15, 0.2) is 29.6 Å². The van der Waals surface area contributed by atoms with Crippen LogP contribution < -0.4 is 11.3 Å². The molecule has 4 atom stereocenters. The van der Waals surface area contributed by atoms with E-state index in [0.717, 1.165) is 16.3 Å². The Morgan fingerprint density at radius 3 is 2.41 bits per heavy atom. The van der Waals surface area contributed by atoms with E-state index in [0.29, 0.717) is 0 Å². The van der Waals surface area contributed by atoms with Crippen molar-refractivity contribution in [2.24, 2.45) is 0 Å². The fourth-order valence-corrected chi connectivity index (χ4v) is 4.85. The number of esters is 3. The maximum atomic E-state index is 12.8. The van der Waals surface area contributed by atoms with E-state index >= 15 is 0 Å². The lowest BCUT2D eigenvalue weighted by atomic mass is 10.0. The summed E-state index contributed by atoms with van der Waals surface area (Å²) in [6.07, 6.45) is -1.13. The number of nitrogens with one attached hydrogen (secondary N) is 1. The van der Waals surface area contributed by atoms with E-state index in [9.17, 15) is 19.2 Å². The minimum Gasteiger partial charge on any atom is -0.463 e. The second-order valence-electron chi connectivity index (χ2n) is 9.38. The number of carbonyl (C=O) groups is 3. The van der Waals surface area contributed by atoms with Gasteiger partial charge in [-0.25, -0.2) is 4.98 Å².